The van der Waals surface area contributed by atoms with Crippen molar-refractivity contribution in [1.82, 2.24) is 4.90 Å². The molecule has 0 atom stereocenters. The Morgan fingerprint density at radius 2 is 1.79 bits per heavy atom. The molecular weight excluding hydrogens is 456 g/mol. The molecule has 34 heavy (non-hydrogen) atoms. The number of anilines is 1. The van der Waals surface area contributed by atoms with E-state index in [1.807, 2.05) is 13.8 Å². The number of terminal acetylenes is 1. The Morgan fingerprint density at radius 1 is 1.06 bits per heavy atom. The van der Waals surface area contributed by atoms with E-state index in [-0.39, 0.29) is 11.5 Å². The number of benzene rings is 2. The number of nitrogens with zero attached hydrogens (tertiary/aromatic N) is 1. The number of carbonyl (C=O) groups is 3. The fourth-order valence-corrected chi connectivity index (χ4v) is 3.89. The standard InChI is InChI=1S/C25H24N2O6S/c1-4-13-33-20-12-7-17(14-21(20)32-6-3)15-22-24(29)27(25(30)34-22)16-23(28)26-18-8-10-19(11-9-18)31-5-2/h1,7-12,14-15H,5-6,13,16H2,2-3H3,(H,26,28)/b22-15-. The van der Waals surface area contributed by atoms with Gasteiger partial charge in [-0.3, -0.25) is 19.3 Å². The summed E-state index contributed by atoms with van der Waals surface area (Å²) in [5.74, 6) is 3.00. The highest BCUT2D eigenvalue weighted by atomic mass is 32.2. The summed E-state index contributed by atoms with van der Waals surface area (Å²) in [6.45, 7) is 4.37. The summed E-state index contributed by atoms with van der Waals surface area (Å²) in [5.41, 5.74) is 1.17. The Bertz CT molecular complexity index is 1140. The van der Waals surface area contributed by atoms with E-state index < -0.39 is 23.6 Å². The third-order valence-electron chi connectivity index (χ3n) is 4.50. The predicted molar refractivity (Wildman–Crippen MR) is 131 cm³/mol. The number of imide groups is 1. The Labute approximate surface area is 202 Å². The highest BCUT2D eigenvalue weighted by Gasteiger charge is 2.36. The molecule has 176 valence electrons. The van der Waals surface area contributed by atoms with Crippen molar-refractivity contribution >= 4 is 40.6 Å². The number of thioether (sulfide) groups is 1. The van der Waals surface area contributed by atoms with Gasteiger partial charge in [0.25, 0.3) is 11.1 Å². The quantitative estimate of drug-likeness (QED) is 0.403. The van der Waals surface area contributed by atoms with Gasteiger partial charge in [0.05, 0.1) is 18.1 Å². The van der Waals surface area contributed by atoms with Crippen molar-refractivity contribution in [3.05, 3.63) is 52.9 Å². The van der Waals surface area contributed by atoms with E-state index in [0.29, 0.717) is 41.7 Å². The second kappa shape index (κ2) is 11.8. The molecule has 1 N–H and O–H groups in total. The zero-order valence-electron chi connectivity index (χ0n) is 18.8. The lowest BCUT2D eigenvalue weighted by Gasteiger charge is -2.13. The maximum atomic E-state index is 12.8. The molecule has 0 aliphatic carbocycles. The Kier molecular flexibility index (Phi) is 8.60. The van der Waals surface area contributed by atoms with Crippen LogP contribution in [0.2, 0.25) is 0 Å². The zero-order valence-corrected chi connectivity index (χ0v) is 19.6. The Balaban J connectivity index is 1.68. The van der Waals surface area contributed by atoms with Crippen LogP contribution in [0.1, 0.15) is 19.4 Å². The largest absolute Gasteiger partial charge is 0.494 e. The third-order valence-corrected chi connectivity index (χ3v) is 5.41. The van der Waals surface area contributed by atoms with Gasteiger partial charge in [-0.05, 0) is 73.6 Å². The molecule has 0 unspecified atom stereocenters. The van der Waals surface area contributed by atoms with Gasteiger partial charge in [0.1, 0.15) is 18.9 Å². The van der Waals surface area contributed by atoms with Crippen molar-refractivity contribution in [3.8, 4) is 29.6 Å². The highest BCUT2D eigenvalue weighted by molar-refractivity contribution is 8.18. The maximum Gasteiger partial charge on any atom is 0.294 e. The van der Waals surface area contributed by atoms with Crippen molar-refractivity contribution < 1.29 is 28.6 Å². The number of ether oxygens (including phenoxy) is 3. The normalized spacial score (nSPS) is 14.1. The first kappa shape index (κ1) is 24.7. The maximum absolute atomic E-state index is 12.8. The van der Waals surface area contributed by atoms with Gasteiger partial charge in [-0.25, -0.2) is 0 Å². The zero-order chi connectivity index (χ0) is 24.5. The van der Waals surface area contributed by atoms with Crippen LogP contribution in [0.4, 0.5) is 10.5 Å². The molecule has 0 radical (unpaired) electrons. The topological polar surface area (TPSA) is 94.2 Å². The SMILES string of the molecule is C#CCOc1ccc(/C=C2\SC(=O)N(CC(=O)Nc3ccc(OCC)cc3)C2=O)cc1OCC. The van der Waals surface area contributed by atoms with Crippen LogP contribution in [0.15, 0.2) is 47.4 Å². The first-order chi connectivity index (χ1) is 16.4. The predicted octanol–water partition coefficient (Wildman–Crippen LogP) is 4.17. The van der Waals surface area contributed by atoms with Crippen molar-refractivity contribution in [3.63, 3.8) is 0 Å². The van der Waals surface area contributed by atoms with Gasteiger partial charge in [0.2, 0.25) is 5.91 Å². The molecule has 0 spiro atoms. The van der Waals surface area contributed by atoms with Crippen LogP contribution < -0.4 is 19.5 Å². The second-order valence-corrected chi connectivity index (χ2v) is 7.90. The molecule has 3 rings (SSSR count). The number of amides is 3. The van der Waals surface area contributed by atoms with Crippen molar-refractivity contribution in [2.45, 2.75) is 13.8 Å². The van der Waals surface area contributed by atoms with Crippen LogP contribution in [-0.2, 0) is 9.59 Å². The number of rotatable bonds is 10. The number of hydrogen-bond acceptors (Lipinski definition) is 7. The average Bonchev–Trinajstić information content (AvgIpc) is 3.07. The fourth-order valence-electron chi connectivity index (χ4n) is 3.05. The molecule has 0 bridgehead atoms. The summed E-state index contributed by atoms with van der Waals surface area (Å²) in [4.78, 5) is 38.7. The minimum atomic E-state index is -0.539. The van der Waals surface area contributed by atoms with Gasteiger partial charge in [-0.1, -0.05) is 12.0 Å². The first-order valence-corrected chi connectivity index (χ1v) is 11.4. The molecule has 1 aliphatic rings. The highest BCUT2D eigenvalue weighted by Crippen LogP contribution is 2.34. The van der Waals surface area contributed by atoms with Gasteiger partial charge in [0.15, 0.2) is 11.5 Å². The summed E-state index contributed by atoms with van der Waals surface area (Å²) in [5, 5.41) is 2.16. The lowest BCUT2D eigenvalue weighted by molar-refractivity contribution is -0.127. The monoisotopic (exact) mass is 480 g/mol. The molecule has 1 aliphatic heterocycles. The van der Waals surface area contributed by atoms with E-state index in [0.717, 1.165) is 16.7 Å². The smallest absolute Gasteiger partial charge is 0.294 e. The second-order valence-electron chi connectivity index (χ2n) is 6.91. The van der Waals surface area contributed by atoms with Gasteiger partial charge >= 0.3 is 0 Å². The number of hydrogen-bond donors (Lipinski definition) is 1. The van der Waals surface area contributed by atoms with E-state index in [2.05, 4.69) is 11.2 Å². The molecule has 1 saturated heterocycles. The van der Waals surface area contributed by atoms with Crippen molar-refractivity contribution in [2.24, 2.45) is 0 Å². The lowest BCUT2D eigenvalue weighted by Crippen LogP contribution is -2.36. The van der Waals surface area contributed by atoms with Crippen LogP contribution >= 0.6 is 11.8 Å². The van der Waals surface area contributed by atoms with E-state index in [4.69, 9.17) is 20.6 Å². The minimum absolute atomic E-state index is 0.0943. The third kappa shape index (κ3) is 6.33. The van der Waals surface area contributed by atoms with Gasteiger partial charge in [0, 0.05) is 5.69 Å². The molecule has 0 aromatic heterocycles. The molecule has 2 aromatic rings. The minimum Gasteiger partial charge on any atom is -0.494 e. The number of nitrogens with one attached hydrogen (secondary N) is 1. The van der Waals surface area contributed by atoms with Crippen molar-refractivity contribution in [1.29, 1.82) is 0 Å². The van der Waals surface area contributed by atoms with Gasteiger partial charge < -0.3 is 19.5 Å². The van der Waals surface area contributed by atoms with Gasteiger partial charge in [-0.2, -0.15) is 0 Å². The molecule has 0 saturated carbocycles. The molecule has 1 fully saturated rings. The van der Waals surface area contributed by atoms with Crippen LogP contribution in [0.5, 0.6) is 17.2 Å². The summed E-state index contributed by atoms with van der Waals surface area (Å²) in [6.07, 6.45) is 6.81. The molecule has 9 heteroatoms. The van der Waals surface area contributed by atoms with Crippen LogP contribution in [0.25, 0.3) is 6.08 Å². The number of carbonyl (C=O) groups excluding carboxylic acids is 3. The Hall–Kier alpha value is -3.90. The van der Waals surface area contributed by atoms with Crippen LogP contribution in [-0.4, -0.2) is 48.3 Å². The molecular formula is C25H24N2O6S. The van der Waals surface area contributed by atoms with Crippen molar-refractivity contribution in [2.75, 3.05) is 31.7 Å². The van der Waals surface area contributed by atoms with E-state index in [9.17, 15) is 14.4 Å². The summed E-state index contributed by atoms with van der Waals surface area (Å²) < 4.78 is 16.4. The lowest BCUT2D eigenvalue weighted by atomic mass is 10.2. The van der Waals surface area contributed by atoms with E-state index in [1.54, 1.807) is 48.5 Å². The molecule has 3 amide bonds. The molecule has 8 nitrogen and oxygen atoms in total. The summed E-state index contributed by atoms with van der Waals surface area (Å²) in [6, 6.07) is 11.9. The van der Waals surface area contributed by atoms with E-state index >= 15 is 0 Å². The summed E-state index contributed by atoms with van der Waals surface area (Å²) in [7, 11) is 0. The van der Waals surface area contributed by atoms with E-state index in [1.165, 1.54) is 0 Å². The average molecular weight is 481 g/mol. The Morgan fingerprint density at radius 3 is 2.47 bits per heavy atom. The van der Waals surface area contributed by atoms with Crippen LogP contribution in [0.3, 0.4) is 0 Å². The van der Waals surface area contributed by atoms with Gasteiger partial charge in [-0.15, -0.1) is 6.42 Å². The molecule has 1 heterocycles. The molecule has 2 aromatic carbocycles. The fraction of sp³-hybridized carbons (Fsp3) is 0.240. The first-order valence-electron chi connectivity index (χ1n) is 10.6. The summed E-state index contributed by atoms with van der Waals surface area (Å²) >= 11 is 0.773. The van der Waals surface area contributed by atoms with Crippen LogP contribution in [0, 0.1) is 12.3 Å².